The molecule has 0 unspecified atom stereocenters. The van der Waals surface area contributed by atoms with E-state index in [9.17, 15) is 18.4 Å². The SMILES string of the molecule is CC(C)c1cc(-c2nc(C(C)(C)C)nc(C(C)(C)C)n2)cc(C(C)C)c1-c1ccnc(-c2[c-]ccc3c2oc2c(-c4ccc(C(F)(F)F)cc4)c(C#N)ccc23)c1.[2H]C([2H])([2H])c1ccc(-c2[c-]cccc2)nc1.[Ir]. The first-order valence-electron chi connectivity index (χ1n) is 24.7. The fourth-order valence-corrected chi connectivity index (χ4v) is 8.27. The first-order chi connectivity index (χ1) is 34.3. The summed E-state index contributed by atoms with van der Waals surface area (Å²) in [5, 5.41) is 11.6. The van der Waals surface area contributed by atoms with Gasteiger partial charge in [-0.15, -0.1) is 54.1 Å². The quantitative estimate of drug-likeness (QED) is 0.147. The molecule has 0 N–H and O–H groups in total. The monoisotopic (exact) mass is 1130 g/mol. The molecular formula is C60H55F3IrN6O-2. The van der Waals surface area contributed by atoms with Crippen molar-refractivity contribution < 1.29 is 41.8 Å². The van der Waals surface area contributed by atoms with Gasteiger partial charge in [0.25, 0.3) is 0 Å². The molecule has 0 amide bonds. The summed E-state index contributed by atoms with van der Waals surface area (Å²) in [5.41, 5.74) is 9.26. The van der Waals surface area contributed by atoms with Gasteiger partial charge in [0, 0.05) is 64.0 Å². The molecule has 1 radical (unpaired) electrons. The van der Waals surface area contributed by atoms with Gasteiger partial charge in [-0.1, -0.05) is 117 Å². The third-order valence-corrected chi connectivity index (χ3v) is 12.0. The molecule has 4 heterocycles. The van der Waals surface area contributed by atoms with Crippen LogP contribution < -0.4 is 0 Å². The Labute approximate surface area is 432 Å². The van der Waals surface area contributed by atoms with Gasteiger partial charge < -0.3 is 14.4 Å². The molecule has 5 aromatic carbocycles. The molecule has 0 bridgehead atoms. The van der Waals surface area contributed by atoms with Gasteiger partial charge in [0.1, 0.15) is 17.2 Å². The standard InChI is InChI=1S/C48H45F3N5O.C12H10N.Ir/c1-26(2)36-22-31(43-54-44(46(5,6)7)56-45(55-43)47(8,9)10)23-37(27(3)4)40(36)29-20-21-53-38(24-29)35-13-11-12-33-34-19-16-30(25-52)39(42(34)57-41(33)35)28-14-17-32(18-15-28)48(49,50)51;1-10-7-8-12(13-9-10)11-5-3-2-4-6-11;/h11-12,14-24,26-27H,1-10H3;2-5,7-9H,1H3;/q2*-1;/i;1D3;. The van der Waals surface area contributed by atoms with Crippen molar-refractivity contribution in [3.8, 4) is 62.2 Å². The summed E-state index contributed by atoms with van der Waals surface area (Å²) >= 11 is 0. The predicted molar refractivity (Wildman–Crippen MR) is 274 cm³/mol. The largest absolute Gasteiger partial charge is 0.500 e. The number of halogens is 3. The molecular weight excluding hydrogens is 1070 g/mol. The minimum Gasteiger partial charge on any atom is -0.500 e. The molecule has 4 aromatic heterocycles. The number of alkyl halides is 3. The van der Waals surface area contributed by atoms with E-state index in [4.69, 9.17) is 28.5 Å². The van der Waals surface area contributed by atoms with Crippen LogP contribution in [0.3, 0.4) is 0 Å². The first kappa shape index (κ1) is 47.8. The smallest absolute Gasteiger partial charge is 0.416 e. The zero-order valence-corrected chi connectivity index (χ0v) is 43.7. The van der Waals surface area contributed by atoms with Crippen molar-refractivity contribution in [1.29, 1.82) is 5.26 Å². The maximum Gasteiger partial charge on any atom is 0.416 e. The Kier molecular flexibility index (Phi) is 13.8. The number of pyridine rings is 2. The zero-order valence-electron chi connectivity index (χ0n) is 44.3. The van der Waals surface area contributed by atoms with Gasteiger partial charge in [0.05, 0.1) is 22.8 Å². The Morgan fingerprint density at radius 3 is 1.86 bits per heavy atom. The molecule has 0 aliphatic carbocycles. The molecule has 0 fully saturated rings. The molecule has 0 atom stereocenters. The minimum atomic E-state index is -4.48. The zero-order chi connectivity index (χ0) is 52.8. The first-order valence-corrected chi connectivity index (χ1v) is 23.2. The number of furan rings is 1. The number of aromatic nitrogens is 5. The summed E-state index contributed by atoms with van der Waals surface area (Å²) < 4.78 is 68.6. The Balaban J connectivity index is 0.000000400. The van der Waals surface area contributed by atoms with Crippen LogP contribution in [-0.4, -0.2) is 24.9 Å². The number of hydrogen-bond donors (Lipinski definition) is 0. The van der Waals surface area contributed by atoms with Gasteiger partial charge in [-0.2, -0.15) is 18.4 Å². The summed E-state index contributed by atoms with van der Waals surface area (Å²) in [7, 11) is 0. The second kappa shape index (κ2) is 20.5. The molecule has 7 nitrogen and oxygen atoms in total. The normalized spacial score (nSPS) is 12.7. The van der Waals surface area contributed by atoms with E-state index in [1.807, 2.05) is 42.5 Å². The topological polar surface area (TPSA) is 101 Å². The summed E-state index contributed by atoms with van der Waals surface area (Å²) in [5.74, 6) is 2.48. The summed E-state index contributed by atoms with van der Waals surface area (Å²) in [6.07, 6.45) is -1.30. The molecule has 9 aromatic rings. The third kappa shape index (κ3) is 11.1. The second-order valence-corrected chi connectivity index (χ2v) is 20.0. The van der Waals surface area contributed by atoms with Crippen LogP contribution in [0, 0.1) is 30.3 Å². The summed E-state index contributed by atoms with van der Waals surface area (Å²) in [6, 6.07) is 39.8. The Morgan fingerprint density at radius 1 is 0.648 bits per heavy atom. The molecule has 0 spiro atoms. The van der Waals surface area contributed by atoms with Crippen LogP contribution in [0.2, 0.25) is 0 Å². The van der Waals surface area contributed by atoms with E-state index in [2.05, 4.69) is 111 Å². The van der Waals surface area contributed by atoms with Gasteiger partial charge in [-0.25, -0.2) is 15.0 Å². The van der Waals surface area contributed by atoms with E-state index in [0.717, 1.165) is 73.6 Å². The van der Waals surface area contributed by atoms with Gasteiger partial charge in [0.15, 0.2) is 5.82 Å². The summed E-state index contributed by atoms with van der Waals surface area (Å²) in [6.45, 7) is 19.4. The fourth-order valence-electron chi connectivity index (χ4n) is 8.27. The van der Waals surface area contributed by atoms with Gasteiger partial charge >= 0.3 is 6.18 Å². The Bertz CT molecular complexity index is 3460. The maximum absolute atomic E-state index is 13.4. The number of nitrogens with zero attached hydrogens (tertiary/aromatic N) is 6. The summed E-state index contributed by atoms with van der Waals surface area (Å²) in [4.78, 5) is 23.9. The van der Waals surface area contributed by atoms with E-state index in [0.29, 0.717) is 44.9 Å². The van der Waals surface area contributed by atoms with Crippen molar-refractivity contribution in [1.82, 2.24) is 24.9 Å². The number of aryl methyl sites for hydroxylation is 1. The molecule has 0 aliphatic rings. The van der Waals surface area contributed by atoms with E-state index in [1.54, 1.807) is 30.5 Å². The van der Waals surface area contributed by atoms with Crippen LogP contribution >= 0.6 is 0 Å². The number of fused-ring (bicyclic) bond motifs is 3. The number of nitriles is 1. The second-order valence-electron chi connectivity index (χ2n) is 20.0. The minimum absolute atomic E-state index is 0. The molecule has 363 valence electrons. The van der Waals surface area contributed by atoms with E-state index >= 15 is 0 Å². The number of benzene rings is 5. The van der Waals surface area contributed by atoms with Crippen LogP contribution in [0.15, 0.2) is 126 Å². The van der Waals surface area contributed by atoms with Crippen LogP contribution in [0.5, 0.6) is 0 Å². The van der Waals surface area contributed by atoms with Crippen molar-refractivity contribution in [3.63, 3.8) is 0 Å². The van der Waals surface area contributed by atoms with Gasteiger partial charge in [0.2, 0.25) is 0 Å². The van der Waals surface area contributed by atoms with Crippen LogP contribution in [-0.2, 0) is 37.1 Å². The molecule has 11 heteroatoms. The predicted octanol–water partition coefficient (Wildman–Crippen LogP) is 16.2. The molecule has 9 rings (SSSR count). The van der Waals surface area contributed by atoms with Crippen molar-refractivity contribution in [3.05, 3.63) is 173 Å². The van der Waals surface area contributed by atoms with Crippen LogP contribution in [0.25, 0.3) is 78.1 Å². The third-order valence-electron chi connectivity index (χ3n) is 12.0. The fraction of sp³-hybridized carbons (Fsp3) is 0.267. The van der Waals surface area contributed by atoms with Crippen LogP contribution in [0.4, 0.5) is 13.2 Å². The average Bonchev–Trinajstić information content (AvgIpc) is 3.74. The van der Waals surface area contributed by atoms with E-state index < -0.39 is 18.6 Å². The Hall–Kier alpha value is -6.86. The van der Waals surface area contributed by atoms with Crippen molar-refractivity contribution in [2.45, 2.75) is 105 Å². The van der Waals surface area contributed by atoms with Gasteiger partial charge in [-0.3, -0.25) is 0 Å². The van der Waals surface area contributed by atoms with Gasteiger partial charge in [-0.05, 0) is 99.9 Å². The maximum atomic E-state index is 13.4. The number of hydrogen-bond acceptors (Lipinski definition) is 7. The molecule has 71 heavy (non-hydrogen) atoms. The molecule has 0 aliphatic heterocycles. The Morgan fingerprint density at radius 2 is 1.31 bits per heavy atom. The number of rotatable bonds is 7. The van der Waals surface area contributed by atoms with Crippen LogP contribution in [0.1, 0.15) is 125 Å². The van der Waals surface area contributed by atoms with Crippen molar-refractivity contribution in [2.75, 3.05) is 0 Å². The molecule has 0 saturated carbocycles. The van der Waals surface area contributed by atoms with Crippen molar-refractivity contribution >= 4 is 21.9 Å². The molecule has 0 saturated heterocycles. The van der Waals surface area contributed by atoms with E-state index in [1.165, 1.54) is 18.3 Å². The van der Waals surface area contributed by atoms with Crippen molar-refractivity contribution in [2.24, 2.45) is 0 Å². The van der Waals surface area contributed by atoms with E-state index in [-0.39, 0.29) is 48.3 Å². The average molecular weight is 1130 g/mol.